The van der Waals surface area contributed by atoms with Gasteiger partial charge in [0.05, 0.1) is 8.95 Å². The van der Waals surface area contributed by atoms with Crippen LogP contribution in [0.1, 0.15) is 48.9 Å². The van der Waals surface area contributed by atoms with Crippen LogP contribution in [0.2, 0.25) is 0 Å². The molecule has 0 fully saturated rings. The predicted octanol–water partition coefficient (Wildman–Crippen LogP) is 6.34. The van der Waals surface area contributed by atoms with Gasteiger partial charge in [0.15, 0.2) is 0 Å². The molecule has 0 unspecified atom stereocenters. The molecule has 0 bridgehead atoms. The molecule has 0 saturated carbocycles. The van der Waals surface area contributed by atoms with Crippen LogP contribution in [-0.4, -0.2) is 34.7 Å². The van der Waals surface area contributed by atoms with Crippen LogP contribution in [0.25, 0.3) is 0 Å². The molecule has 0 saturated heterocycles. The van der Waals surface area contributed by atoms with Gasteiger partial charge in [0.1, 0.15) is 11.5 Å². The number of halogens is 2. The van der Waals surface area contributed by atoms with Crippen molar-refractivity contribution >= 4 is 43.3 Å². The number of unbranched alkanes of at least 4 members (excludes halogenated alkanes) is 1. The van der Waals surface area contributed by atoms with Crippen molar-refractivity contribution in [2.45, 2.75) is 40.5 Å². The van der Waals surface area contributed by atoms with Gasteiger partial charge in [-0.3, -0.25) is 9.98 Å². The summed E-state index contributed by atoms with van der Waals surface area (Å²) in [6, 6.07) is 7.66. The molecule has 0 spiro atoms. The van der Waals surface area contributed by atoms with E-state index in [0.717, 1.165) is 46.5 Å². The maximum absolute atomic E-state index is 10.2. The van der Waals surface area contributed by atoms with Gasteiger partial charge in [0.2, 0.25) is 0 Å². The minimum absolute atomic E-state index is 0.233. The van der Waals surface area contributed by atoms with Crippen LogP contribution in [0.5, 0.6) is 11.5 Å². The molecule has 2 aromatic carbocycles. The van der Waals surface area contributed by atoms with Gasteiger partial charge < -0.3 is 10.2 Å². The van der Waals surface area contributed by atoms with Gasteiger partial charge in [0, 0.05) is 35.6 Å². The van der Waals surface area contributed by atoms with E-state index in [0.29, 0.717) is 22.0 Å². The highest BCUT2D eigenvalue weighted by molar-refractivity contribution is 9.10. The molecule has 2 N–H and O–H groups in total. The molecule has 6 heteroatoms. The third-order valence-corrected chi connectivity index (χ3v) is 5.67. The number of hydrogen-bond donors (Lipinski definition) is 2. The first-order valence-electron chi connectivity index (χ1n) is 9.21. The highest BCUT2D eigenvalue weighted by Crippen LogP contribution is 2.30. The van der Waals surface area contributed by atoms with Gasteiger partial charge in [-0.2, -0.15) is 0 Å². The smallest absolute Gasteiger partial charge is 0.138 e. The molecule has 0 radical (unpaired) electrons. The van der Waals surface area contributed by atoms with Crippen LogP contribution in [0.4, 0.5) is 0 Å². The molecular weight excluding hydrogens is 484 g/mol. The Hall–Kier alpha value is -1.66. The molecule has 4 nitrogen and oxygen atoms in total. The molecule has 0 aromatic heterocycles. The fourth-order valence-electron chi connectivity index (χ4n) is 2.91. The van der Waals surface area contributed by atoms with Crippen molar-refractivity contribution in [3.8, 4) is 11.5 Å². The number of benzene rings is 2. The average Bonchev–Trinajstić information content (AvgIpc) is 2.63. The standard InChI is InChI=1S/C22H26Br2N2O2/c1-13-9-17(21(27)19(23)11-13)15(3)25-7-5-6-8-26-16(4)18-10-14(2)12-20(24)22(18)28/h9-12,27-28H,5-8H2,1-4H3. The van der Waals surface area contributed by atoms with Crippen molar-refractivity contribution < 1.29 is 10.2 Å². The number of aliphatic imine (C=N–C) groups is 2. The zero-order chi connectivity index (χ0) is 20.8. The Kier molecular flexibility index (Phi) is 8.25. The maximum atomic E-state index is 10.2. The van der Waals surface area contributed by atoms with E-state index in [1.165, 1.54) is 0 Å². The maximum Gasteiger partial charge on any atom is 0.138 e. The number of aryl methyl sites for hydroxylation is 2. The first-order chi connectivity index (χ1) is 13.2. The van der Waals surface area contributed by atoms with Crippen LogP contribution < -0.4 is 0 Å². The molecule has 0 aliphatic heterocycles. The summed E-state index contributed by atoms with van der Waals surface area (Å²) >= 11 is 6.75. The topological polar surface area (TPSA) is 65.2 Å². The number of nitrogens with zero attached hydrogens (tertiary/aromatic N) is 2. The van der Waals surface area contributed by atoms with E-state index in [1.54, 1.807) is 0 Å². The first-order valence-corrected chi connectivity index (χ1v) is 10.8. The lowest BCUT2D eigenvalue weighted by atomic mass is 10.1. The summed E-state index contributed by atoms with van der Waals surface area (Å²) in [7, 11) is 0. The second-order valence-electron chi connectivity index (χ2n) is 6.93. The monoisotopic (exact) mass is 508 g/mol. The van der Waals surface area contributed by atoms with Gasteiger partial charge in [0.25, 0.3) is 0 Å². The van der Waals surface area contributed by atoms with E-state index in [9.17, 15) is 10.2 Å². The minimum atomic E-state index is 0.233. The quantitative estimate of drug-likeness (QED) is 0.338. The summed E-state index contributed by atoms with van der Waals surface area (Å²) in [6.07, 6.45) is 1.82. The van der Waals surface area contributed by atoms with Gasteiger partial charge in [-0.15, -0.1) is 0 Å². The van der Waals surface area contributed by atoms with E-state index in [1.807, 2.05) is 52.0 Å². The van der Waals surface area contributed by atoms with Crippen LogP contribution >= 0.6 is 31.9 Å². The molecule has 0 aliphatic carbocycles. The summed E-state index contributed by atoms with van der Waals surface area (Å²) < 4.78 is 1.38. The Morgan fingerprint density at radius 1 is 0.750 bits per heavy atom. The van der Waals surface area contributed by atoms with E-state index in [-0.39, 0.29) is 11.5 Å². The summed E-state index contributed by atoms with van der Waals surface area (Å²) in [5.41, 5.74) is 5.34. The molecule has 0 amide bonds. The van der Waals surface area contributed by atoms with Crippen LogP contribution in [0, 0.1) is 13.8 Å². The lowest BCUT2D eigenvalue weighted by molar-refractivity contribution is 0.470. The Morgan fingerprint density at radius 2 is 1.11 bits per heavy atom. The van der Waals surface area contributed by atoms with E-state index in [4.69, 9.17) is 0 Å². The van der Waals surface area contributed by atoms with Crippen molar-refractivity contribution in [1.82, 2.24) is 0 Å². The summed E-state index contributed by atoms with van der Waals surface area (Å²) in [5, 5.41) is 20.4. The number of phenols is 2. The van der Waals surface area contributed by atoms with Crippen molar-refractivity contribution in [2.75, 3.05) is 13.1 Å². The van der Waals surface area contributed by atoms with Crippen LogP contribution in [0.15, 0.2) is 43.2 Å². The fraction of sp³-hybridized carbons (Fsp3) is 0.364. The lowest BCUT2D eigenvalue weighted by Crippen LogP contribution is -2.00. The van der Waals surface area contributed by atoms with E-state index >= 15 is 0 Å². The number of aromatic hydroxyl groups is 2. The highest BCUT2D eigenvalue weighted by atomic mass is 79.9. The molecular formula is C22H26Br2N2O2. The predicted molar refractivity (Wildman–Crippen MR) is 124 cm³/mol. The number of phenolic OH excluding ortho intramolecular Hbond substituents is 2. The normalized spacial score (nSPS) is 12.5. The van der Waals surface area contributed by atoms with Gasteiger partial charge in [-0.1, -0.05) is 0 Å². The zero-order valence-corrected chi connectivity index (χ0v) is 19.9. The number of hydrogen-bond acceptors (Lipinski definition) is 4. The van der Waals surface area contributed by atoms with E-state index in [2.05, 4.69) is 41.8 Å². The van der Waals surface area contributed by atoms with Gasteiger partial charge >= 0.3 is 0 Å². The Labute approximate surface area is 183 Å². The zero-order valence-electron chi connectivity index (χ0n) is 16.7. The lowest BCUT2D eigenvalue weighted by Gasteiger charge is -2.09. The van der Waals surface area contributed by atoms with Crippen molar-refractivity contribution in [2.24, 2.45) is 9.98 Å². The second kappa shape index (κ2) is 10.2. The highest BCUT2D eigenvalue weighted by Gasteiger charge is 2.10. The summed E-state index contributed by atoms with van der Waals surface area (Å²) in [6.45, 7) is 9.19. The Balaban J connectivity index is 1.91. The van der Waals surface area contributed by atoms with Crippen LogP contribution in [0.3, 0.4) is 0 Å². The van der Waals surface area contributed by atoms with Gasteiger partial charge in [-0.25, -0.2) is 0 Å². The third kappa shape index (κ3) is 5.92. The summed E-state index contributed by atoms with van der Waals surface area (Å²) in [4.78, 5) is 9.18. The Bertz CT molecular complexity index is 846. The third-order valence-electron chi connectivity index (χ3n) is 4.46. The second-order valence-corrected chi connectivity index (χ2v) is 8.64. The van der Waals surface area contributed by atoms with Gasteiger partial charge in [-0.05, 0) is 108 Å². The largest absolute Gasteiger partial charge is 0.506 e. The fourth-order valence-corrected chi connectivity index (χ4v) is 4.06. The van der Waals surface area contributed by atoms with E-state index < -0.39 is 0 Å². The average molecular weight is 510 g/mol. The summed E-state index contributed by atoms with van der Waals surface area (Å²) in [5.74, 6) is 0.465. The molecule has 0 aliphatic rings. The molecule has 0 atom stereocenters. The van der Waals surface area contributed by atoms with Crippen molar-refractivity contribution in [3.05, 3.63) is 55.5 Å². The molecule has 2 aromatic rings. The molecule has 0 heterocycles. The molecule has 2 rings (SSSR count). The van der Waals surface area contributed by atoms with Crippen molar-refractivity contribution in [3.63, 3.8) is 0 Å². The first kappa shape index (κ1) is 22.6. The molecule has 28 heavy (non-hydrogen) atoms. The Morgan fingerprint density at radius 3 is 1.46 bits per heavy atom. The van der Waals surface area contributed by atoms with Crippen molar-refractivity contribution in [1.29, 1.82) is 0 Å². The number of rotatable bonds is 7. The SMILES string of the molecule is CC(=NCCCCN=C(C)c1cc(C)cc(Br)c1O)c1cc(C)cc(Br)c1O. The molecule has 150 valence electrons. The van der Waals surface area contributed by atoms with Crippen LogP contribution in [-0.2, 0) is 0 Å². The minimum Gasteiger partial charge on any atom is -0.506 e.